The summed E-state index contributed by atoms with van der Waals surface area (Å²) in [7, 11) is 0. The molecule has 3 heteroatoms. The molecule has 23 heavy (non-hydrogen) atoms. The molecule has 2 rings (SSSR count). The predicted molar refractivity (Wildman–Crippen MR) is 97.6 cm³/mol. The molecule has 0 heterocycles. The Labute approximate surface area is 140 Å². The first-order chi connectivity index (χ1) is 11.0. The van der Waals surface area contributed by atoms with E-state index in [1.54, 1.807) is 0 Å². The Morgan fingerprint density at radius 1 is 1.13 bits per heavy atom. The summed E-state index contributed by atoms with van der Waals surface area (Å²) >= 11 is 0. The van der Waals surface area contributed by atoms with E-state index in [0.717, 1.165) is 18.5 Å². The molecule has 1 aromatic carbocycles. The second kappa shape index (κ2) is 7.80. The van der Waals surface area contributed by atoms with Crippen molar-refractivity contribution in [3.05, 3.63) is 48.1 Å². The summed E-state index contributed by atoms with van der Waals surface area (Å²) in [6.45, 7) is 9.87. The summed E-state index contributed by atoms with van der Waals surface area (Å²) in [6.07, 6.45) is 5.37. The van der Waals surface area contributed by atoms with Crippen LogP contribution in [0.1, 0.15) is 38.7 Å². The highest BCUT2D eigenvalue weighted by Gasteiger charge is 2.26. The zero-order chi connectivity index (χ0) is 16.9. The lowest BCUT2D eigenvalue weighted by atomic mass is 9.72. The van der Waals surface area contributed by atoms with Gasteiger partial charge in [0.25, 0.3) is 0 Å². The molecule has 1 aliphatic carbocycles. The SMILES string of the molecule is C=CC1=C(c2ccc(N(CCO)CCO)cc2)CC(C)(C)CC1. The lowest BCUT2D eigenvalue weighted by molar-refractivity contribution is 0.281. The highest BCUT2D eigenvalue weighted by Crippen LogP contribution is 2.43. The van der Waals surface area contributed by atoms with Crippen LogP contribution in [0, 0.1) is 5.41 Å². The van der Waals surface area contributed by atoms with Crippen molar-refractivity contribution in [3.8, 4) is 0 Å². The minimum absolute atomic E-state index is 0.0850. The third-order valence-corrected chi connectivity index (χ3v) is 4.68. The Bertz CT molecular complexity index is 552. The van der Waals surface area contributed by atoms with Gasteiger partial charge in [0.2, 0.25) is 0 Å². The van der Waals surface area contributed by atoms with Crippen LogP contribution < -0.4 is 4.90 Å². The van der Waals surface area contributed by atoms with Gasteiger partial charge in [-0.2, -0.15) is 0 Å². The average Bonchev–Trinajstić information content (AvgIpc) is 2.54. The van der Waals surface area contributed by atoms with Crippen LogP contribution >= 0.6 is 0 Å². The molecule has 0 bridgehead atoms. The van der Waals surface area contributed by atoms with Crippen LogP contribution in [0.2, 0.25) is 0 Å². The largest absolute Gasteiger partial charge is 0.395 e. The maximum absolute atomic E-state index is 9.17. The predicted octanol–water partition coefficient (Wildman–Crippen LogP) is 3.63. The Hall–Kier alpha value is -1.58. The molecule has 2 N–H and O–H groups in total. The molecular formula is C20H29NO2. The van der Waals surface area contributed by atoms with E-state index in [-0.39, 0.29) is 13.2 Å². The maximum Gasteiger partial charge on any atom is 0.0606 e. The van der Waals surface area contributed by atoms with Crippen molar-refractivity contribution in [1.29, 1.82) is 0 Å². The highest BCUT2D eigenvalue weighted by molar-refractivity contribution is 5.73. The van der Waals surface area contributed by atoms with Gasteiger partial charge in [-0.05, 0) is 53.5 Å². The van der Waals surface area contributed by atoms with Gasteiger partial charge in [0.15, 0.2) is 0 Å². The molecule has 0 radical (unpaired) electrons. The number of nitrogens with zero attached hydrogens (tertiary/aromatic N) is 1. The number of aliphatic hydroxyl groups is 2. The van der Waals surface area contributed by atoms with E-state index < -0.39 is 0 Å². The molecular weight excluding hydrogens is 286 g/mol. The van der Waals surface area contributed by atoms with Crippen LogP contribution in [0.3, 0.4) is 0 Å². The summed E-state index contributed by atoms with van der Waals surface area (Å²) in [5.41, 5.74) is 5.38. The molecule has 0 atom stereocenters. The quantitative estimate of drug-likeness (QED) is 0.807. The van der Waals surface area contributed by atoms with Crippen molar-refractivity contribution in [2.24, 2.45) is 5.41 Å². The van der Waals surface area contributed by atoms with Crippen molar-refractivity contribution in [2.45, 2.75) is 33.1 Å². The highest BCUT2D eigenvalue weighted by atomic mass is 16.3. The topological polar surface area (TPSA) is 43.7 Å². The van der Waals surface area contributed by atoms with E-state index in [1.165, 1.54) is 23.1 Å². The van der Waals surface area contributed by atoms with Gasteiger partial charge in [-0.1, -0.05) is 38.6 Å². The minimum atomic E-state index is 0.0850. The number of allylic oxidation sites excluding steroid dienone is 3. The van der Waals surface area contributed by atoms with E-state index in [9.17, 15) is 0 Å². The van der Waals surface area contributed by atoms with Gasteiger partial charge in [-0.25, -0.2) is 0 Å². The van der Waals surface area contributed by atoms with Crippen LogP contribution in [-0.2, 0) is 0 Å². The second-order valence-electron chi connectivity index (χ2n) is 7.03. The van der Waals surface area contributed by atoms with Gasteiger partial charge < -0.3 is 15.1 Å². The van der Waals surface area contributed by atoms with Crippen molar-refractivity contribution >= 4 is 11.3 Å². The molecule has 0 amide bonds. The van der Waals surface area contributed by atoms with E-state index in [2.05, 4.69) is 44.7 Å². The molecule has 0 unspecified atom stereocenters. The molecule has 0 fully saturated rings. The maximum atomic E-state index is 9.17. The summed E-state index contributed by atoms with van der Waals surface area (Å²) in [5.74, 6) is 0. The number of aliphatic hydroxyl groups excluding tert-OH is 2. The second-order valence-corrected chi connectivity index (χ2v) is 7.03. The van der Waals surface area contributed by atoms with E-state index >= 15 is 0 Å². The van der Waals surface area contributed by atoms with Gasteiger partial charge in [0.1, 0.15) is 0 Å². The molecule has 1 aromatic rings. The van der Waals surface area contributed by atoms with Crippen LogP contribution in [-0.4, -0.2) is 36.5 Å². The lowest BCUT2D eigenvalue weighted by Gasteiger charge is -2.33. The summed E-state index contributed by atoms with van der Waals surface area (Å²) in [5, 5.41) is 18.3. The molecule has 0 aliphatic heterocycles. The monoisotopic (exact) mass is 315 g/mol. The summed E-state index contributed by atoms with van der Waals surface area (Å²) in [4.78, 5) is 2.00. The first-order valence-electron chi connectivity index (χ1n) is 8.42. The van der Waals surface area contributed by atoms with E-state index in [0.29, 0.717) is 18.5 Å². The fourth-order valence-electron chi connectivity index (χ4n) is 3.30. The molecule has 1 aliphatic rings. The summed E-state index contributed by atoms with van der Waals surface area (Å²) in [6, 6.07) is 8.46. The minimum Gasteiger partial charge on any atom is -0.395 e. The normalized spacial score (nSPS) is 17.2. The van der Waals surface area contributed by atoms with Crippen LogP contribution in [0.25, 0.3) is 5.57 Å². The number of anilines is 1. The van der Waals surface area contributed by atoms with Gasteiger partial charge in [-0.3, -0.25) is 0 Å². The third-order valence-electron chi connectivity index (χ3n) is 4.68. The molecule has 126 valence electrons. The standard InChI is InChI=1S/C20H29NO2/c1-4-16-9-10-20(2,3)15-19(16)17-5-7-18(8-6-17)21(11-13-22)12-14-23/h4-8,22-23H,1,9-15H2,2-3H3. The van der Waals surface area contributed by atoms with Crippen LogP contribution in [0.15, 0.2) is 42.5 Å². The Morgan fingerprint density at radius 3 is 2.26 bits per heavy atom. The third kappa shape index (κ3) is 4.46. The average molecular weight is 315 g/mol. The number of hydrogen-bond donors (Lipinski definition) is 2. The van der Waals surface area contributed by atoms with Gasteiger partial charge in [0.05, 0.1) is 13.2 Å². The number of rotatable bonds is 7. The van der Waals surface area contributed by atoms with Crippen molar-refractivity contribution in [2.75, 3.05) is 31.2 Å². The summed E-state index contributed by atoms with van der Waals surface area (Å²) < 4.78 is 0. The lowest BCUT2D eigenvalue weighted by Crippen LogP contribution is -2.29. The zero-order valence-electron chi connectivity index (χ0n) is 14.4. The van der Waals surface area contributed by atoms with Crippen LogP contribution in [0.4, 0.5) is 5.69 Å². The van der Waals surface area contributed by atoms with Crippen molar-refractivity contribution in [1.82, 2.24) is 0 Å². The Morgan fingerprint density at radius 2 is 1.74 bits per heavy atom. The zero-order valence-corrected chi connectivity index (χ0v) is 14.4. The first kappa shape index (κ1) is 17.8. The molecule has 3 nitrogen and oxygen atoms in total. The fourth-order valence-corrected chi connectivity index (χ4v) is 3.30. The molecule has 0 spiro atoms. The van der Waals surface area contributed by atoms with E-state index in [4.69, 9.17) is 10.2 Å². The number of hydrogen-bond acceptors (Lipinski definition) is 3. The van der Waals surface area contributed by atoms with Gasteiger partial charge >= 0.3 is 0 Å². The molecule has 0 saturated carbocycles. The smallest absolute Gasteiger partial charge is 0.0606 e. The fraction of sp³-hybridized carbons (Fsp3) is 0.500. The molecule has 0 aromatic heterocycles. The number of benzene rings is 1. The van der Waals surface area contributed by atoms with Crippen molar-refractivity contribution in [3.63, 3.8) is 0 Å². The molecule has 0 saturated heterocycles. The Balaban J connectivity index is 2.27. The first-order valence-corrected chi connectivity index (χ1v) is 8.42. The van der Waals surface area contributed by atoms with Gasteiger partial charge in [0, 0.05) is 18.8 Å². The van der Waals surface area contributed by atoms with E-state index in [1.807, 2.05) is 11.0 Å². The van der Waals surface area contributed by atoms with Crippen LogP contribution in [0.5, 0.6) is 0 Å². The van der Waals surface area contributed by atoms with Crippen molar-refractivity contribution < 1.29 is 10.2 Å². The Kier molecular flexibility index (Phi) is 6.03. The van der Waals surface area contributed by atoms with Gasteiger partial charge in [-0.15, -0.1) is 0 Å².